The third-order valence-corrected chi connectivity index (χ3v) is 3.40. The summed E-state index contributed by atoms with van der Waals surface area (Å²) in [5, 5.41) is 5.73. The second-order valence-corrected chi connectivity index (χ2v) is 5.02. The first-order chi connectivity index (χ1) is 9.49. The highest BCUT2D eigenvalue weighted by molar-refractivity contribution is 5.43. The Hall–Kier alpha value is -1.53. The molecule has 0 atom stereocenters. The van der Waals surface area contributed by atoms with Gasteiger partial charge < -0.3 is 10.6 Å². The zero-order valence-corrected chi connectivity index (χ0v) is 11.4. The minimum atomic E-state index is -4.46. The number of anilines is 2. The van der Waals surface area contributed by atoms with Crippen LogP contribution in [-0.2, 0) is 6.18 Å². The third kappa shape index (κ3) is 3.98. The zero-order chi connectivity index (χ0) is 14.6. The third-order valence-electron chi connectivity index (χ3n) is 3.40. The summed E-state index contributed by atoms with van der Waals surface area (Å²) in [4.78, 5) is 7.55. The maximum Gasteiger partial charge on any atom is 0.433 e. The fraction of sp³-hybridized carbons (Fsp3) is 0.692. The molecule has 2 rings (SSSR count). The molecule has 7 heteroatoms. The topological polar surface area (TPSA) is 49.8 Å². The van der Waals surface area contributed by atoms with Crippen LogP contribution < -0.4 is 10.6 Å². The van der Waals surface area contributed by atoms with Gasteiger partial charge in [0.1, 0.15) is 5.82 Å². The highest BCUT2D eigenvalue weighted by Crippen LogP contribution is 2.30. The van der Waals surface area contributed by atoms with Crippen LogP contribution in [0.3, 0.4) is 0 Å². The molecule has 1 aromatic heterocycles. The van der Waals surface area contributed by atoms with Gasteiger partial charge in [-0.05, 0) is 25.7 Å². The Bertz CT molecular complexity index is 442. The number of halogens is 3. The number of alkyl halides is 3. The van der Waals surface area contributed by atoms with Crippen LogP contribution in [0.2, 0.25) is 0 Å². The maximum atomic E-state index is 12.8. The van der Waals surface area contributed by atoms with E-state index in [0.29, 0.717) is 19.0 Å². The summed E-state index contributed by atoms with van der Waals surface area (Å²) in [6.45, 7) is 2.93. The molecule has 1 aliphatic rings. The second-order valence-electron chi connectivity index (χ2n) is 5.02. The predicted molar refractivity (Wildman–Crippen MR) is 71.6 cm³/mol. The van der Waals surface area contributed by atoms with Gasteiger partial charge in [0.15, 0.2) is 5.69 Å². The lowest BCUT2D eigenvalue weighted by atomic mass is 10.1. The highest BCUT2D eigenvalue weighted by atomic mass is 19.4. The highest BCUT2D eigenvalue weighted by Gasteiger charge is 2.33. The average molecular weight is 288 g/mol. The SMILES string of the molecule is CCNc1nc(NCC2CCCC2)cc(C(F)(F)F)n1. The van der Waals surface area contributed by atoms with Gasteiger partial charge in [-0.3, -0.25) is 0 Å². The van der Waals surface area contributed by atoms with E-state index in [0.717, 1.165) is 18.9 Å². The number of nitrogens with one attached hydrogen (secondary N) is 2. The van der Waals surface area contributed by atoms with Gasteiger partial charge in [0, 0.05) is 19.2 Å². The number of nitrogens with zero attached hydrogens (tertiary/aromatic N) is 2. The molecule has 1 aliphatic carbocycles. The lowest BCUT2D eigenvalue weighted by Gasteiger charge is -2.14. The monoisotopic (exact) mass is 288 g/mol. The van der Waals surface area contributed by atoms with Gasteiger partial charge in [-0.15, -0.1) is 0 Å². The van der Waals surface area contributed by atoms with E-state index in [1.54, 1.807) is 6.92 Å². The van der Waals surface area contributed by atoms with E-state index in [1.165, 1.54) is 12.8 Å². The standard InChI is InChI=1S/C13H19F3N4/c1-2-17-12-19-10(13(14,15)16)7-11(20-12)18-8-9-5-3-4-6-9/h7,9H,2-6,8H2,1H3,(H2,17,18,19,20). The van der Waals surface area contributed by atoms with E-state index in [9.17, 15) is 13.2 Å². The van der Waals surface area contributed by atoms with Crippen molar-refractivity contribution in [2.45, 2.75) is 38.8 Å². The Balaban J connectivity index is 2.11. The molecule has 0 unspecified atom stereocenters. The molecule has 0 bridgehead atoms. The molecule has 2 N–H and O–H groups in total. The summed E-state index contributed by atoms with van der Waals surface area (Å²) < 4.78 is 38.4. The van der Waals surface area contributed by atoms with Gasteiger partial charge in [0.2, 0.25) is 5.95 Å². The first-order valence-corrected chi connectivity index (χ1v) is 6.93. The van der Waals surface area contributed by atoms with E-state index in [1.807, 2.05) is 0 Å². The van der Waals surface area contributed by atoms with Crippen molar-refractivity contribution in [3.63, 3.8) is 0 Å². The molecule has 0 spiro atoms. The van der Waals surface area contributed by atoms with Crippen LogP contribution >= 0.6 is 0 Å². The largest absolute Gasteiger partial charge is 0.433 e. The number of aromatic nitrogens is 2. The van der Waals surface area contributed by atoms with Crippen molar-refractivity contribution in [1.82, 2.24) is 9.97 Å². The fourth-order valence-corrected chi connectivity index (χ4v) is 2.38. The molecule has 4 nitrogen and oxygen atoms in total. The molecule has 0 aliphatic heterocycles. The molecule has 0 radical (unpaired) electrons. The summed E-state index contributed by atoms with van der Waals surface area (Å²) in [5.41, 5.74) is -0.919. The van der Waals surface area contributed by atoms with E-state index < -0.39 is 11.9 Å². The van der Waals surface area contributed by atoms with Crippen LogP contribution in [0.4, 0.5) is 24.9 Å². The minimum absolute atomic E-state index is 0.0104. The van der Waals surface area contributed by atoms with Crippen molar-refractivity contribution < 1.29 is 13.2 Å². The minimum Gasteiger partial charge on any atom is -0.370 e. The second kappa shape index (κ2) is 6.28. The summed E-state index contributed by atoms with van der Waals surface area (Å²) >= 11 is 0. The number of hydrogen-bond donors (Lipinski definition) is 2. The summed E-state index contributed by atoms with van der Waals surface area (Å²) in [6.07, 6.45) is 0.199. The Morgan fingerprint density at radius 2 is 1.90 bits per heavy atom. The molecule has 0 amide bonds. The molecule has 112 valence electrons. The van der Waals surface area contributed by atoms with Crippen molar-refractivity contribution in [1.29, 1.82) is 0 Å². The lowest BCUT2D eigenvalue weighted by Crippen LogP contribution is -2.16. The first-order valence-electron chi connectivity index (χ1n) is 6.93. The number of rotatable bonds is 5. The van der Waals surface area contributed by atoms with Crippen LogP contribution in [0.1, 0.15) is 38.3 Å². The molecule has 1 heterocycles. The molecular formula is C13H19F3N4. The Labute approximate surface area is 116 Å². The van der Waals surface area contributed by atoms with E-state index >= 15 is 0 Å². The molecule has 0 saturated heterocycles. The average Bonchev–Trinajstić information content (AvgIpc) is 2.88. The first kappa shape index (κ1) is 14.9. The molecule has 1 saturated carbocycles. The Morgan fingerprint density at radius 3 is 2.50 bits per heavy atom. The summed E-state index contributed by atoms with van der Waals surface area (Å²) in [5.74, 6) is 0.772. The Kier molecular flexibility index (Phi) is 4.67. The van der Waals surface area contributed by atoms with Gasteiger partial charge in [0.25, 0.3) is 0 Å². The van der Waals surface area contributed by atoms with Crippen LogP contribution in [0.15, 0.2) is 6.07 Å². The number of hydrogen-bond acceptors (Lipinski definition) is 4. The maximum absolute atomic E-state index is 12.8. The van der Waals surface area contributed by atoms with Crippen molar-refractivity contribution in [2.24, 2.45) is 5.92 Å². The molecule has 1 fully saturated rings. The van der Waals surface area contributed by atoms with Gasteiger partial charge in [-0.1, -0.05) is 12.8 Å². The van der Waals surface area contributed by atoms with Crippen molar-refractivity contribution in [2.75, 3.05) is 23.7 Å². The van der Waals surface area contributed by atoms with Crippen molar-refractivity contribution in [3.8, 4) is 0 Å². The molecule has 1 aromatic rings. The van der Waals surface area contributed by atoms with Gasteiger partial charge in [-0.25, -0.2) is 4.98 Å². The van der Waals surface area contributed by atoms with Gasteiger partial charge >= 0.3 is 6.18 Å². The van der Waals surface area contributed by atoms with E-state index in [-0.39, 0.29) is 11.8 Å². The molecule has 20 heavy (non-hydrogen) atoms. The summed E-state index contributed by atoms with van der Waals surface area (Å²) in [7, 11) is 0. The Morgan fingerprint density at radius 1 is 1.20 bits per heavy atom. The van der Waals surface area contributed by atoms with Gasteiger partial charge in [0.05, 0.1) is 0 Å². The van der Waals surface area contributed by atoms with E-state index in [4.69, 9.17) is 0 Å². The van der Waals surface area contributed by atoms with Crippen molar-refractivity contribution in [3.05, 3.63) is 11.8 Å². The quantitative estimate of drug-likeness (QED) is 0.870. The lowest BCUT2D eigenvalue weighted by molar-refractivity contribution is -0.141. The molecule has 0 aromatic carbocycles. The van der Waals surface area contributed by atoms with Crippen molar-refractivity contribution >= 4 is 11.8 Å². The van der Waals surface area contributed by atoms with E-state index in [2.05, 4.69) is 20.6 Å². The molecular weight excluding hydrogens is 269 g/mol. The van der Waals surface area contributed by atoms with Crippen LogP contribution in [0.25, 0.3) is 0 Å². The van der Waals surface area contributed by atoms with Crippen LogP contribution in [0, 0.1) is 5.92 Å². The van der Waals surface area contributed by atoms with Crippen LogP contribution in [0.5, 0.6) is 0 Å². The summed E-state index contributed by atoms with van der Waals surface area (Å²) in [6, 6.07) is 0.968. The smallest absolute Gasteiger partial charge is 0.370 e. The predicted octanol–water partition coefficient (Wildman–Crippen LogP) is 3.53. The fourth-order valence-electron chi connectivity index (χ4n) is 2.38. The zero-order valence-electron chi connectivity index (χ0n) is 11.4. The van der Waals surface area contributed by atoms with Crippen LogP contribution in [-0.4, -0.2) is 23.1 Å². The normalized spacial score (nSPS) is 16.4. The van der Waals surface area contributed by atoms with Gasteiger partial charge in [-0.2, -0.15) is 18.2 Å².